The van der Waals surface area contributed by atoms with Crippen molar-refractivity contribution in [1.29, 1.82) is 0 Å². The number of nitrogens with one attached hydrogen (secondary N) is 2. The molecule has 1 aromatic heterocycles. The Labute approximate surface area is 111 Å². The van der Waals surface area contributed by atoms with Crippen LogP contribution in [-0.2, 0) is 11.8 Å². The maximum Gasteiger partial charge on any atom is 0.407 e. The van der Waals surface area contributed by atoms with E-state index in [9.17, 15) is 4.79 Å². The summed E-state index contributed by atoms with van der Waals surface area (Å²) in [4.78, 5) is 12.9. The van der Waals surface area contributed by atoms with E-state index in [0.29, 0.717) is 5.75 Å². The lowest BCUT2D eigenvalue weighted by molar-refractivity contribution is -0.783. The van der Waals surface area contributed by atoms with Crippen LogP contribution in [-0.4, -0.2) is 27.9 Å². The number of rotatable bonds is 4. The number of anilines is 1. The molecule has 0 saturated carbocycles. The Balaban J connectivity index is 1.83. The molecule has 0 spiro atoms. The predicted octanol–water partition coefficient (Wildman–Crippen LogP) is 0.409. The second-order valence-corrected chi connectivity index (χ2v) is 4.37. The molecule has 0 unspecified atom stereocenters. The molecule has 0 fully saturated rings. The Morgan fingerprint density at radius 1 is 1.50 bits per heavy atom. The first-order valence-corrected chi connectivity index (χ1v) is 5.90. The monoisotopic (exact) mass is 312 g/mol. The van der Waals surface area contributed by atoms with Crippen LogP contribution in [0, 0.1) is 0 Å². The number of carbonyl (C=O) groups excluding carboxylic acids is 1. The fraction of sp³-hybridized carbons (Fsp3) is 0.200. The van der Waals surface area contributed by atoms with Crippen molar-refractivity contribution in [2.24, 2.45) is 7.05 Å². The zero-order valence-corrected chi connectivity index (χ0v) is 11.1. The third-order valence-corrected chi connectivity index (χ3v) is 2.51. The minimum Gasteiger partial charge on any atom is -0.484 e. The number of aromatic amines is 1. The van der Waals surface area contributed by atoms with Crippen molar-refractivity contribution in [3.8, 4) is 5.75 Å². The number of halogens is 1. The van der Waals surface area contributed by atoms with Crippen LogP contribution >= 0.6 is 15.9 Å². The van der Waals surface area contributed by atoms with Crippen LogP contribution in [0.2, 0.25) is 0 Å². The van der Waals surface area contributed by atoms with Gasteiger partial charge in [-0.25, -0.2) is 0 Å². The van der Waals surface area contributed by atoms with Gasteiger partial charge >= 0.3 is 5.95 Å². The molecule has 7 nitrogen and oxygen atoms in total. The second-order valence-electron chi connectivity index (χ2n) is 3.45. The van der Waals surface area contributed by atoms with Gasteiger partial charge in [0.05, 0.1) is 5.10 Å². The lowest BCUT2D eigenvalue weighted by Gasteiger charge is -2.04. The van der Waals surface area contributed by atoms with Crippen molar-refractivity contribution in [3.05, 3.63) is 28.7 Å². The summed E-state index contributed by atoms with van der Waals surface area (Å²) in [6.45, 7) is -0.0973. The fourth-order valence-electron chi connectivity index (χ4n) is 1.20. The number of aromatic nitrogens is 4. The molecular weight excluding hydrogens is 302 g/mol. The van der Waals surface area contributed by atoms with Crippen LogP contribution in [0.5, 0.6) is 5.75 Å². The van der Waals surface area contributed by atoms with Gasteiger partial charge < -0.3 is 4.74 Å². The number of nitrogens with zero attached hydrogens (tertiary/aromatic N) is 3. The van der Waals surface area contributed by atoms with Crippen molar-refractivity contribution in [2.75, 3.05) is 11.9 Å². The van der Waals surface area contributed by atoms with Crippen molar-refractivity contribution < 1.29 is 14.3 Å². The molecule has 2 rings (SSSR count). The van der Waals surface area contributed by atoms with Gasteiger partial charge in [0.2, 0.25) is 0 Å². The van der Waals surface area contributed by atoms with E-state index in [1.165, 1.54) is 4.80 Å². The minimum absolute atomic E-state index is 0.0973. The molecule has 0 atom stereocenters. The van der Waals surface area contributed by atoms with Gasteiger partial charge in [-0.05, 0) is 29.5 Å². The van der Waals surface area contributed by atoms with Crippen molar-refractivity contribution in [2.45, 2.75) is 0 Å². The predicted molar refractivity (Wildman–Crippen MR) is 65.8 cm³/mol. The van der Waals surface area contributed by atoms with Gasteiger partial charge in [-0.3, -0.25) is 10.1 Å². The molecule has 0 radical (unpaired) electrons. The molecule has 0 saturated heterocycles. The summed E-state index contributed by atoms with van der Waals surface area (Å²) >= 11 is 3.31. The Morgan fingerprint density at radius 2 is 2.22 bits per heavy atom. The van der Waals surface area contributed by atoms with E-state index < -0.39 is 0 Å². The Morgan fingerprint density at radius 3 is 2.83 bits per heavy atom. The van der Waals surface area contributed by atoms with Crippen molar-refractivity contribution in [1.82, 2.24) is 15.4 Å². The number of ether oxygens (including phenoxy) is 1. The number of amides is 1. The van der Waals surface area contributed by atoms with Crippen LogP contribution in [0.4, 0.5) is 5.95 Å². The summed E-state index contributed by atoms with van der Waals surface area (Å²) < 4.78 is 6.25. The molecule has 0 aliphatic rings. The normalized spacial score (nSPS) is 10.1. The van der Waals surface area contributed by atoms with Gasteiger partial charge in [0, 0.05) is 9.57 Å². The minimum atomic E-state index is -0.322. The van der Waals surface area contributed by atoms with E-state index in [1.807, 2.05) is 12.1 Å². The highest BCUT2D eigenvalue weighted by atomic mass is 79.9. The molecule has 8 heteroatoms. The molecular formula is C10H11BrN5O2+. The first-order valence-electron chi connectivity index (χ1n) is 5.10. The molecule has 1 heterocycles. The quantitative estimate of drug-likeness (QED) is 0.801. The molecule has 94 valence electrons. The molecule has 0 aliphatic heterocycles. The second kappa shape index (κ2) is 5.58. The number of aryl methyl sites for hydroxylation is 1. The number of tetrazole rings is 1. The number of hydrogen-bond acceptors (Lipinski definition) is 4. The van der Waals surface area contributed by atoms with E-state index in [0.717, 1.165) is 4.47 Å². The molecule has 0 bridgehead atoms. The number of benzene rings is 1. The largest absolute Gasteiger partial charge is 0.484 e. The van der Waals surface area contributed by atoms with Gasteiger partial charge in [-0.1, -0.05) is 20.7 Å². The standard InChI is InChI=1S/C10H10BrN5O2/c1-16-14-10(13-15-16)12-9(17)6-18-8-4-2-7(11)3-5-8/h2-5H,6H2,1H3,(H,12,14,17)/p+1. The number of carbonyl (C=O) groups is 1. The third-order valence-electron chi connectivity index (χ3n) is 1.98. The van der Waals surface area contributed by atoms with Gasteiger partial charge in [0.1, 0.15) is 12.8 Å². The van der Waals surface area contributed by atoms with Crippen LogP contribution in [0.1, 0.15) is 0 Å². The number of H-pyrrole nitrogens is 1. The van der Waals surface area contributed by atoms with Crippen LogP contribution < -0.4 is 14.9 Å². The summed E-state index contributed by atoms with van der Waals surface area (Å²) in [5.74, 6) is 0.508. The molecule has 0 aliphatic carbocycles. The lowest BCUT2D eigenvalue weighted by Crippen LogP contribution is -2.33. The summed E-state index contributed by atoms with van der Waals surface area (Å²) in [6.07, 6.45) is 0. The molecule has 2 aromatic rings. The van der Waals surface area contributed by atoms with Crippen LogP contribution in [0.3, 0.4) is 0 Å². The van der Waals surface area contributed by atoms with E-state index >= 15 is 0 Å². The Kier molecular flexibility index (Phi) is 3.88. The van der Waals surface area contributed by atoms with E-state index in [2.05, 4.69) is 36.7 Å². The van der Waals surface area contributed by atoms with E-state index in [1.54, 1.807) is 19.2 Å². The number of hydrogen-bond donors (Lipinski definition) is 2. The summed E-state index contributed by atoms with van der Waals surface area (Å²) in [5, 5.41) is 12.7. The first kappa shape index (κ1) is 12.5. The van der Waals surface area contributed by atoms with Gasteiger partial charge in [0.25, 0.3) is 5.91 Å². The SMILES string of the molecule is C[n+]1nc(NC(=O)COc2ccc(Br)cc2)n[nH]1. The maximum atomic E-state index is 11.5. The van der Waals surface area contributed by atoms with Gasteiger partial charge in [0.15, 0.2) is 6.61 Å². The molecule has 1 amide bonds. The summed E-state index contributed by atoms with van der Waals surface area (Å²) in [7, 11) is 1.67. The Hall–Kier alpha value is -1.96. The van der Waals surface area contributed by atoms with Crippen molar-refractivity contribution >= 4 is 27.8 Å². The molecule has 2 N–H and O–H groups in total. The average molecular weight is 313 g/mol. The smallest absolute Gasteiger partial charge is 0.407 e. The average Bonchev–Trinajstić information content (AvgIpc) is 2.74. The first-order chi connectivity index (χ1) is 8.63. The zero-order chi connectivity index (χ0) is 13.0. The van der Waals surface area contributed by atoms with Gasteiger partial charge in [-0.2, -0.15) is 0 Å². The van der Waals surface area contributed by atoms with E-state index in [-0.39, 0.29) is 18.5 Å². The highest BCUT2D eigenvalue weighted by Crippen LogP contribution is 2.15. The van der Waals surface area contributed by atoms with Crippen molar-refractivity contribution in [3.63, 3.8) is 0 Å². The summed E-state index contributed by atoms with van der Waals surface area (Å²) in [5.41, 5.74) is 0. The molecule has 1 aromatic carbocycles. The highest BCUT2D eigenvalue weighted by molar-refractivity contribution is 9.10. The maximum absolute atomic E-state index is 11.5. The van der Waals surface area contributed by atoms with Crippen LogP contribution in [0.15, 0.2) is 28.7 Å². The lowest BCUT2D eigenvalue weighted by atomic mass is 10.3. The highest BCUT2D eigenvalue weighted by Gasteiger charge is 2.12. The zero-order valence-electron chi connectivity index (χ0n) is 9.55. The Bertz CT molecular complexity index is 539. The fourth-order valence-corrected chi connectivity index (χ4v) is 1.46. The third kappa shape index (κ3) is 3.52. The van der Waals surface area contributed by atoms with Gasteiger partial charge in [-0.15, -0.1) is 0 Å². The van der Waals surface area contributed by atoms with E-state index in [4.69, 9.17) is 4.74 Å². The van der Waals surface area contributed by atoms with Crippen LogP contribution in [0.25, 0.3) is 0 Å². The molecule has 18 heavy (non-hydrogen) atoms. The summed E-state index contributed by atoms with van der Waals surface area (Å²) in [6, 6.07) is 7.21. The topological polar surface area (TPSA) is 83.8 Å².